The van der Waals surface area contributed by atoms with Crippen LogP contribution in [0.15, 0.2) is 29.3 Å². The van der Waals surface area contributed by atoms with Crippen molar-refractivity contribution in [2.75, 3.05) is 19.7 Å². The number of aliphatic imine (C=N–C) groups is 1. The van der Waals surface area contributed by atoms with E-state index >= 15 is 0 Å². The fourth-order valence-electron chi connectivity index (χ4n) is 3.00. The minimum atomic E-state index is -0.208. The molecule has 0 aromatic heterocycles. The van der Waals surface area contributed by atoms with E-state index in [0.29, 0.717) is 12.5 Å². The Morgan fingerprint density at radius 3 is 2.85 bits per heavy atom. The van der Waals surface area contributed by atoms with Crippen LogP contribution in [-0.2, 0) is 10.3 Å². The molecule has 0 bridgehead atoms. The lowest BCUT2D eigenvalue weighted by atomic mass is 9.91. The Balaban J connectivity index is 1.84. The molecule has 1 aromatic rings. The molecule has 0 radical (unpaired) electrons. The second kappa shape index (κ2) is 5.26. The number of hydrogen-bond acceptors (Lipinski definition) is 4. The first-order valence-electron chi connectivity index (χ1n) is 7.05. The molecule has 5 heteroatoms. The van der Waals surface area contributed by atoms with Crippen molar-refractivity contribution in [2.45, 2.75) is 31.4 Å². The molecule has 0 aliphatic carbocycles. The molecule has 2 aliphatic heterocycles. The van der Waals surface area contributed by atoms with Gasteiger partial charge >= 0.3 is 0 Å². The van der Waals surface area contributed by atoms with E-state index in [-0.39, 0.29) is 11.6 Å². The average Bonchev–Trinajstić information content (AvgIpc) is 3.04. The van der Waals surface area contributed by atoms with Gasteiger partial charge in [0.2, 0.25) is 0 Å². The van der Waals surface area contributed by atoms with Gasteiger partial charge in [0.1, 0.15) is 0 Å². The van der Waals surface area contributed by atoms with Crippen LogP contribution >= 0.6 is 11.6 Å². The number of guanidine groups is 1. The van der Waals surface area contributed by atoms with E-state index in [1.807, 2.05) is 12.1 Å². The van der Waals surface area contributed by atoms with Crippen molar-refractivity contribution in [3.8, 4) is 0 Å². The molecule has 1 fully saturated rings. The van der Waals surface area contributed by atoms with Crippen molar-refractivity contribution < 1.29 is 4.74 Å². The largest absolute Gasteiger partial charge is 0.376 e. The highest BCUT2D eigenvalue weighted by Crippen LogP contribution is 2.34. The predicted octanol–water partition coefficient (Wildman–Crippen LogP) is 2.36. The van der Waals surface area contributed by atoms with Gasteiger partial charge < -0.3 is 15.4 Å². The first-order valence-corrected chi connectivity index (χ1v) is 7.42. The van der Waals surface area contributed by atoms with Crippen LogP contribution in [0.2, 0.25) is 5.02 Å². The Hall–Kier alpha value is -1.26. The van der Waals surface area contributed by atoms with Crippen LogP contribution in [0, 0.1) is 0 Å². The lowest BCUT2D eigenvalue weighted by Crippen LogP contribution is -2.50. The molecule has 0 spiro atoms. The van der Waals surface area contributed by atoms with Crippen molar-refractivity contribution in [1.29, 1.82) is 0 Å². The lowest BCUT2D eigenvalue weighted by molar-refractivity contribution is 0.0690. The number of ether oxygens (including phenoxy) is 1. The maximum absolute atomic E-state index is 6.09. The molecule has 0 amide bonds. The van der Waals surface area contributed by atoms with Crippen LogP contribution in [0.3, 0.4) is 0 Å². The number of nitrogens with two attached hydrogens (primary N) is 1. The van der Waals surface area contributed by atoms with E-state index in [0.717, 1.165) is 31.0 Å². The predicted molar refractivity (Wildman–Crippen MR) is 81.0 cm³/mol. The maximum Gasteiger partial charge on any atom is 0.192 e. The molecule has 3 rings (SSSR count). The summed E-state index contributed by atoms with van der Waals surface area (Å²) in [5.74, 6) is 0.609. The maximum atomic E-state index is 6.09. The Kier molecular flexibility index (Phi) is 3.61. The fraction of sp³-hybridized carbons (Fsp3) is 0.533. The first-order chi connectivity index (χ1) is 9.59. The topological polar surface area (TPSA) is 50.8 Å². The van der Waals surface area contributed by atoms with Gasteiger partial charge in [-0.05, 0) is 37.5 Å². The van der Waals surface area contributed by atoms with E-state index in [4.69, 9.17) is 22.1 Å². The van der Waals surface area contributed by atoms with Gasteiger partial charge in [0.05, 0.1) is 18.2 Å². The van der Waals surface area contributed by atoms with Crippen LogP contribution in [0.1, 0.15) is 25.3 Å². The van der Waals surface area contributed by atoms with E-state index in [9.17, 15) is 0 Å². The van der Waals surface area contributed by atoms with Gasteiger partial charge in [-0.2, -0.15) is 0 Å². The van der Waals surface area contributed by atoms with E-state index in [1.165, 1.54) is 5.56 Å². The smallest absolute Gasteiger partial charge is 0.192 e. The third-order valence-corrected chi connectivity index (χ3v) is 4.55. The molecule has 20 heavy (non-hydrogen) atoms. The van der Waals surface area contributed by atoms with Crippen LogP contribution < -0.4 is 5.73 Å². The van der Waals surface area contributed by atoms with Gasteiger partial charge in [0, 0.05) is 18.2 Å². The third-order valence-electron chi connectivity index (χ3n) is 4.30. The zero-order valence-corrected chi connectivity index (χ0v) is 12.4. The first kappa shape index (κ1) is 13.7. The van der Waals surface area contributed by atoms with Crippen molar-refractivity contribution in [3.05, 3.63) is 34.9 Å². The summed E-state index contributed by atoms with van der Waals surface area (Å²) in [6.07, 6.45) is 2.49. The molecular weight excluding hydrogens is 274 g/mol. The highest BCUT2D eigenvalue weighted by atomic mass is 35.5. The molecule has 4 nitrogen and oxygen atoms in total. The summed E-state index contributed by atoms with van der Waals surface area (Å²) in [6.45, 7) is 4.50. The van der Waals surface area contributed by atoms with Crippen LogP contribution in [0.4, 0.5) is 0 Å². The molecule has 1 aromatic carbocycles. The van der Waals surface area contributed by atoms with Gasteiger partial charge in [-0.3, -0.25) is 4.99 Å². The molecule has 108 valence electrons. The summed E-state index contributed by atoms with van der Waals surface area (Å²) < 4.78 is 5.74. The molecule has 2 atom stereocenters. The third kappa shape index (κ3) is 2.38. The highest BCUT2D eigenvalue weighted by Gasteiger charge is 2.40. The summed E-state index contributed by atoms with van der Waals surface area (Å²) in [6, 6.07) is 7.94. The molecule has 1 saturated heterocycles. The number of benzene rings is 1. The zero-order chi connectivity index (χ0) is 14.2. The van der Waals surface area contributed by atoms with Crippen molar-refractivity contribution in [3.63, 3.8) is 0 Å². The minimum Gasteiger partial charge on any atom is -0.376 e. The van der Waals surface area contributed by atoms with Crippen LogP contribution in [0.5, 0.6) is 0 Å². The number of nitrogens with zero attached hydrogens (tertiary/aromatic N) is 2. The highest BCUT2D eigenvalue weighted by molar-refractivity contribution is 6.30. The standard InChI is InChI=1S/C15H20ClN3O/c1-15(11-4-6-12(16)7-5-11)10-18-14(17)19(15)9-13-3-2-8-20-13/h4-7,13H,2-3,8-10H2,1H3,(H2,17,18). The molecule has 2 heterocycles. The average molecular weight is 294 g/mol. The van der Waals surface area contributed by atoms with Gasteiger partial charge in [0.25, 0.3) is 0 Å². The van der Waals surface area contributed by atoms with Crippen molar-refractivity contribution in [2.24, 2.45) is 10.7 Å². The van der Waals surface area contributed by atoms with Crippen molar-refractivity contribution >= 4 is 17.6 Å². The Bertz CT molecular complexity index is 510. The van der Waals surface area contributed by atoms with Gasteiger partial charge in [-0.15, -0.1) is 0 Å². The molecular formula is C15H20ClN3O. The summed E-state index contributed by atoms with van der Waals surface area (Å²) in [5.41, 5.74) is 7.07. The normalized spacial score (nSPS) is 29.8. The van der Waals surface area contributed by atoms with Gasteiger partial charge in [-0.25, -0.2) is 0 Å². The minimum absolute atomic E-state index is 0.208. The lowest BCUT2D eigenvalue weighted by Gasteiger charge is -2.38. The second-order valence-electron chi connectivity index (χ2n) is 5.70. The van der Waals surface area contributed by atoms with Crippen LogP contribution in [-0.4, -0.2) is 36.7 Å². The van der Waals surface area contributed by atoms with E-state index < -0.39 is 0 Å². The van der Waals surface area contributed by atoms with Crippen molar-refractivity contribution in [1.82, 2.24) is 4.90 Å². The second-order valence-corrected chi connectivity index (χ2v) is 6.14. The summed E-state index contributed by atoms with van der Waals surface area (Å²) >= 11 is 5.98. The van der Waals surface area contributed by atoms with E-state index in [2.05, 4.69) is 28.9 Å². The summed E-state index contributed by atoms with van der Waals surface area (Å²) in [7, 11) is 0. The van der Waals surface area contributed by atoms with Gasteiger partial charge in [-0.1, -0.05) is 23.7 Å². The molecule has 2 aliphatic rings. The fourth-order valence-corrected chi connectivity index (χ4v) is 3.13. The van der Waals surface area contributed by atoms with E-state index in [1.54, 1.807) is 0 Å². The quantitative estimate of drug-likeness (QED) is 0.931. The Labute approximate surface area is 124 Å². The molecule has 2 unspecified atom stereocenters. The Morgan fingerprint density at radius 2 is 2.20 bits per heavy atom. The summed E-state index contributed by atoms with van der Waals surface area (Å²) in [5, 5.41) is 0.745. The molecule has 2 N–H and O–H groups in total. The number of halogens is 1. The Morgan fingerprint density at radius 1 is 1.45 bits per heavy atom. The van der Waals surface area contributed by atoms with Crippen LogP contribution in [0.25, 0.3) is 0 Å². The zero-order valence-electron chi connectivity index (χ0n) is 11.7. The molecule has 0 saturated carbocycles. The SMILES string of the molecule is CC1(c2ccc(Cl)cc2)CN=C(N)N1CC1CCCO1. The number of hydrogen-bond donors (Lipinski definition) is 1. The monoisotopic (exact) mass is 293 g/mol. The van der Waals surface area contributed by atoms with Gasteiger partial charge in [0.15, 0.2) is 5.96 Å². The summed E-state index contributed by atoms with van der Waals surface area (Å²) in [4.78, 5) is 6.62. The number of rotatable bonds is 3.